The van der Waals surface area contributed by atoms with Gasteiger partial charge in [-0.2, -0.15) is 0 Å². The molecule has 0 atom stereocenters. The molecule has 3 heterocycles. The van der Waals surface area contributed by atoms with E-state index in [-0.39, 0.29) is 12.7 Å². The van der Waals surface area contributed by atoms with E-state index in [0.29, 0.717) is 29.8 Å². The van der Waals surface area contributed by atoms with Crippen LogP contribution in [0.4, 0.5) is 0 Å². The molecule has 0 saturated carbocycles. The molecule has 0 spiro atoms. The van der Waals surface area contributed by atoms with Crippen LogP contribution in [0.25, 0.3) is 11.1 Å². The predicted molar refractivity (Wildman–Crippen MR) is 101 cm³/mol. The van der Waals surface area contributed by atoms with Gasteiger partial charge in [0.2, 0.25) is 6.79 Å². The Labute approximate surface area is 160 Å². The Bertz CT molecular complexity index is 1090. The van der Waals surface area contributed by atoms with Crippen LogP contribution >= 0.6 is 0 Å². The first kappa shape index (κ1) is 16.9. The quantitative estimate of drug-likeness (QED) is 0.745. The zero-order chi connectivity index (χ0) is 19.1. The smallest absolute Gasteiger partial charge is 0.417 e. The van der Waals surface area contributed by atoms with Crippen molar-refractivity contribution in [3.05, 3.63) is 58.1 Å². The number of ether oxygens (including phenoxy) is 2. The van der Waals surface area contributed by atoms with E-state index in [1.165, 1.54) is 5.56 Å². The molecule has 144 valence electrons. The molecule has 2 aliphatic heterocycles. The molecule has 8 nitrogen and oxygen atoms in total. The van der Waals surface area contributed by atoms with Gasteiger partial charge in [-0.1, -0.05) is 6.07 Å². The lowest BCUT2D eigenvalue weighted by Gasteiger charge is -2.34. The summed E-state index contributed by atoms with van der Waals surface area (Å²) in [6.07, 6.45) is 0. The Hall–Kier alpha value is -3.26. The summed E-state index contributed by atoms with van der Waals surface area (Å²) in [6.45, 7) is 3.99. The van der Waals surface area contributed by atoms with Crippen molar-refractivity contribution in [2.45, 2.75) is 6.54 Å². The standard InChI is InChI=1S/C20H19N3O5/c24-19(14-2-4-16-15(10-14)21-20(25)28-16)23-7-5-22(6-8-23)11-13-1-3-17-18(9-13)27-12-26-17/h1-4,9-10H,5-8,11-12H2,(H,21,25). The third-order valence-electron chi connectivity index (χ3n) is 5.17. The lowest BCUT2D eigenvalue weighted by Crippen LogP contribution is -2.48. The van der Waals surface area contributed by atoms with Crippen LogP contribution in [0.1, 0.15) is 15.9 Å². The zero-order valence-electron chi connectivity index (χ0n) is 15.1. The van der Waals surface area contributed by atoms with E-state index < -0.39 is 5.76 Å². The van der Waals surface area contributed by atoms with Gasteiger partial charge in [-0.05, 0) is 35.9 Å². The summed E-state index contributed by atoms with van der Waals surface area (Å²) in [4.78, 5) is 30.8. The second kappa shape index (κ2) is 6.72. The maximum absolute atomic E-state index is 12.8. The van der Waals surface area contributed by atoms with Crippen LogP contribution in [0.3, 0.4) is 0 Å². The molecular weight excluding hydrogens is 362 g/mol. The van der Waals surface area contributed by atoms with Gasteiger partial charge in [0.05, 0.1) is 5.52 Å². The number of aromatic amines is 1. The van der Waals surface area contributed by atoms with Gasteiger partial charge in [-0.3, -0.25) is 14.7 Å². The predicted octanol–water partition coefficient (Wildman–Crippen LogP) is 1.81. The summed E-state index contributed by atoms with van der Waals surface area (Å²) >= 11 is 0. The lowest BCUT2D eigenvalue weighted by atomic mass is 10.1. The van der Waals surface area contributed by atoms with Gasteiger partial charge in [-0.25, -0.2) is 4.79 Å². The Morgan fingerprint density at radius 2 is 1.82 bits per heavy atom. The maximum atomic E-state index is 12.8. The van der Waals surface area contributed by atoms with Crippen molar-refractivity contribution in [1.82, 2.24) is 14.8 Å². The molecule has 28 heavy (non-hydrogen) atoms. The summed E-state index contributed by atoms with van der Waals surface area (Å²) in [5.74, 6) is 1.03. The number of rotatable bonds is 3. The van der Waals surface area contributed by atoms with Gasteiger partial charge in [0.1, 0.15) is 0 Å². The molecular formula is C20H19N3O5. The van der Waals surface area contributed by atoms with E-state index in [9.17, 15) is 9.59 Å². The number of hydrogen-bond acceptors (Lipinski definition) is 6. The van der Waals surface area contributed by atoms with E-state index >= 15 is 0 Å². The first-order valence-corrected chi connectivity index (χ1v) is 9.19. The largest absolute Gasteiger partial charge is 0.454 e. The van der Waals surface area contributed by atoms with Crippen LogP contribution in [0.15, 0.2) is 45.6 Å². The van der Waals surface area contributed by atoms with Crippen LogP contribution in [-0.4, -0.2) is 53.7 Å². The van der Waals surface area contributed by atoms with Crippen LogP contribution in [0.2, 0.25) is 0 Å². The molecule has 3 aromatic rings. The topological polar surface area (TPSA) is 88.0 Å². The molecule has 2 aromatic carbocycles. The maximum Gasteiger partial charge on any atom is 0.417 e. The Kier molecular flexibility index (Phi) is 4.05. The van der Waals surface area contributed by atoms with Gasteiger partial charge in [0.15, 0.2) is 17.1 Å². The first-order chi connectivity index (χ1) is 13.7. The van der Waals surface area contributed by atoms with E-state index in [1.807, 2.05) is 23.1 Å². The van der Waals surface area contributed by atoms with E-state index in [2.05, 4.69) is 9.88 Å². The first-order valence-electron chi connectivity index (χ1n) is 9.19. The van der Waals surface area contributed by atoms with Gasteiger partial charge < -0.3 is 18.8 Å². The van der Waals surface area contributed by atoms with Crippen molar-refractivity contribution in [1.29, 1.82) is 0 Å². The zero-order valence-corrected chi connectivity index (χ0v) is 15.1. The monoisotopic (exact) mass is 381 g/mol. The highest BCUT2D eigenvalue weighted by atomic mass is 16.7. The number of amides is 1. The Morgan fingerprint density at radius 1 is 1.00 bits per heavy atom. The van der Waals surface area contributed by atoms with Gasteiger partial charge in [-0.15, -0.1) is 0 Å². The van der Waals surface area contributed by atoms with Gasteiger partial charge >= 0.3 is 5.76 Å². The second-order valence-electron chi connectivity index (χ2n) is 6.98. The number of piperazine rings is 1. The van der Waals surface area contributed by atoms with Crippen LogP contribution in [0, 0.1) is 0 Å². The number of H-pyrrole nitrogens is 1. The van der Waals surface area contributed by atoms with E-state index in [4.69, 9.17) is 13.9 Å². The summed E-state index contributed by atoms with van der Waals surface area (Å²) in [7, 11) is 0. The number of aromatic nitrogens is 1. The van der Waals surface area contributed by atoms with Crippen molar-refractivity contribution in [2.24, 2.45) is 0 Å². The van der Waals surface area contributed by atoms with E-state index in [0.717, 1.165) is 31.1 Å². The fourth-order valence-corrected chi connectivity index (χ4v) is 3.67. The van der Waals surface area contributed by atoms with E-state index in [1.54, 1.807) is 18.2 Å². The van der Waals surface area contributed by atoms with Crippen LogP contribution < -0.4 is 15.2 Å². The highest BCUT2D eigenvalue weighted by Gasteiger charge is 2.23. The van der Waals surface area contributed by atoms with Gasteiger partial charge in [0, 0.05) is 38.3 Å². The third kappa shape index (κ3) is 3.11. The molecule has 0 bridgehead atoms. The number of oxazole rings is 1. The molecule has 0 aliphatic carbocycles. The average Bonchev–Trinajstić information content (AvgIpc) is 3.32. The number of carbonyl (C=O) groups is 1. The van der Waals surface area contributed by atoms with Crippen LogP contribution in [0.5, 0.6) is 11.5 Å². The van der Waals surface area contributed by atoms with Crippen molar-refractivity contribution in [3.63, 3.8) is 0 Å². The molecule has 2 aliphatic rings. The van der Waals surface area contributed by atoms with Crippen molar-refractivity contribution in [3.8, 4) is 11.5 Å². The van der Waals surface area contributed by atoms with Gasteiger partial charge in [0.25, 0.3) is 5.91 Å². The molecule has 8 heteroatoms. The van der Waals surface area contributed by atoms with Crippen molar-refractivity contribution < 1.29 is 18.7 Å². The summed E-state index contributed by atoms with van der Waals surface area (Å²) in [5.41, 5.74) is 2.71. The second-order valence-corrected chi connectivity index (χ2v) is 6.98. The minimum atomic E-state index is -0.517. The number of benzene rings is 2. The van der Waals surface area contributed by atoms with Crippen molar-refractivity contribution in [2.75, 3.05) is 33.0 Å². The summed E-state index contributed by atoms with van der Waals surface area (Å²) < 4.78 is 15.8. The lowest BCUT2D eigenvalue weighted by molar-refractivity contribution is 0.0628. The third-order valence-corrected chi connectivity index (χ3v) is 5.17. The number of hydrogen-bond donors (Lipinski definition) is 1. The molecule has 1 fully saturated rings. The molecule has 1 saturated heterocycles. The molecule has 5 rings (SSSR count). The summed E-state index contributed by atoms with van der Waals surface area (Å²) in [5, 5.41) is 0. The number of nitrogens with one attached hydrogen (secondary N) is 1. The number of fused-ring (bicyclic) bond motifs is 2. The Balaban J connectivity index is 1.22. The molecule has 1 N–H and O–H groups in total. The fraction of sp³-hybridized carbons (Fsp3) is 0.300. The minimum absolute atomic E-state index is 0.0355. The fourth-order valence-electron chi connectivity index (χ4n) is 3.67. The minimum Gasteiger partial charge on any atom is -0.454 e. The Morgan fingerprint density at radius 3 is 2.68 bits per heavy atom. The highest BCUT2D eigenvalue weighted by molar-refractivity contribution is 5.97. The average molecular weight is 381 g/mol. The SMILES string of the molecule is O=C(c1ccc2oc(=O)[nH]c2c1)N1CCN(Cc2ccc3c(c2)OCO3)CC1. The molecule has 1 amide bonds. The molecule has 0 radical (unpaired) electrons. The van der Waals surface area contributed by atoms with Crippen LogP contribution in [-0.2, 0) is 6.54 Å². The molecule has 0 unspecified atom stereocenters. The summed E-state index contributed by atoms with van der Waals surface area (Å²) in [6, 6.07) is 11.0. The normalized spacial score (nSPS) is 16.6. The number of carbonyl (C=O) groups excluding carboxylic acids is 1. The van der Waals surface area contributed by atoms with Crippen molar-refractivity contribution >= 4 is 17.0 Å². The number of nitrogens with zero attached hydrogens (tertiary/aromatic N) is 2. The highest BCUT2D eigenvalue weighted by Crippen LogP contribution is 2.32. The molecule has 1 aromatic heterocycles.